The van der Waals surface area contributed by atoms with Crippen LogP contribution < -0.4 is 0 Å². The van der Waals surface area contributed by atoms with E-state index in [4.69, 9.17) is 4.74 Å². The van der Waals surface area contributed by atoms with Crippen molar-refractivity contribution in [2.45, 2.75) is 69.7 Å². The van der Waals surface area contributed by atoms with Crippen LogP contribution in [0.4, 0.5) is 0 Å². The van der Waals surface area contributed by atoms with E-state index in [1.165, 1.54) is 31.5 Å². The lowest BCUT2D eigenvalue weighted by Crippen LogP contribution is -2.57. The lowest BCUT2D eigenvalue weighted by molar-refractivity contribution is -0.151. The van der Waals surface area contributed by atoms with Gasteiger partial charge in [0.25, 0.3) is 0 Å². The van der Waals surface area contributed by atoms with Gasteiger partial charge in [0, 0.05) is 25.6 Å². The molecule has 3 fully saturated rings. The van der Waals surface area contributed by atoms with Crippen LogP contribution in [0.2, 0.25) is 0 Å². The molecule has 25 heavy (non-hydrogen) atoms. The normalized spacial score (nSPS) is 30.0. The maximum atomic E-state index is 12.9. The van der Waals surface area contributed by atoms with Crippen LogP contribution in [-0.4, -0.2) is 68.9 Å². The summed E-state index contributed by atoms with van der Waals surface area (Å²) in [5.74, 6) is 3.08. The topological polar surface area (TPSA) is 63.5 Å². The number of amides is 1. The summed E-state index contributed by atoms with van der Waals surface area (Å²) in [6.07, 6.45) is 7.40. The fourth-order valence-electron chi connectivity index (χ4n) is 4.70. The molecular weight excluding hydrogens is 318 g/mol. The fourth-order valence-corrected chi connectivity index (χ4v) is 4.70. The van der Waals surface area contributed by atoms with Crippen LogP contribution in [0.25, 0.3) is 0 Å². The molecule has 2 aliphatic heterocycles. The first-order valence-electron chi connectivity index (χ1n) is 9.85. The fraction of sp³-hybridized carbons (Fsp3) is 0.833. The number of morpholine rings is 1. The number of carbonyl (C=O) groups excluding carboxylic acids is 1. The molecule has 5 rings (SSSR count). The zero-order valence-electron chi connectivity index (χ0n) is 14.8. The van der Waals surface area contributed by atoms with E-state index >= 15 is 0 Å². The minimum absolute atomic E-state index is 0.260. The zero-order valence-corrected chi connectivity index (χ0v) is 14.8. The predicted octanol–water partition coefficient (Wildman–Crippen LogP) is 1.14. The highest BCUT2D eigenvalue weighted by molar-refractivity contribution is 5.78. The van der Waals surface area contributed by atoms with Crippen molar-refractivity contribution >= 4 is 5.91 Å². The molecule has 0 N–H and O–H groups in total. The molecule has 136 valence electrons. The van der Waals surface area contributed by atoms with Gasteiger partial charge in [-0.3, -0.25) is 9.69 Å². The van der Waals surface area contributed by atoms with E-state index in [0.29, 0.717) is 25.1 Å². The van der Waals surface area contributed by atoms with E-state index < -0.39 is 0 Å². The molecule has 7 nitrogen and oxygen atoms in total. The van der Waals surface area contributed by atoms with Crippen molar-refractivity contribution in [1.29, 1.82) is 0 Å². The van der Waals surface area contributed by atoms with Gasteiger partial charge in [0.05, 0.1) is 31.8 Å². The van der Waals surface area contributed by atoms with Gasteiger partial charge >= 0.3 is 0 Å². The second kappa shape index (κ2) is 6.36. The lowest BCUT2D eigenvalue weighted by Gasteiger charge is -2.44. The molecular formula is C18H27N5O2. The van der Waals surface area contributed by atoms with Gasteiger partial charge in [-0.25, -0.2) is 0 Å². The van der Waals surface area contributed by atoms with Gasteiger partial charge in [-0.15, -0.1) is 10.2 Å². The SMILES string of the molecule is O=C(CN1CCn2c(nnc2C2CC2)C1)N1CCO[C@@H]2CCCC[C@@H]21. The third-order valence-electron chi connectivity index (χ3n) is 6.21. The van der Waals surface area contributed by atoms with Crippen molar-refractivity contribution in [2.24, 2.45) is 0 Å². The molecule has 1 aromatic rings. The number of nitrogens with zero attached hydrogens (tertiary/aromatic N) is 5. The molecule has 1 saturated heterocycles. The van der Waals surface area contributed by atoms with Crippen LogP contribution in [0.1, 0.15) is 56.1 Å². The molecule has 0 bridgehead atoms. The number of aromatic nitrogens is 3. The zero-order chi connectivity index (χ0) is 16.8. The average Bonchev–Trinajstić information content (AvgIpc) is 3.40. The minimum Gasteiger partial charge on any atom is -0.374 e. The smallest absolute Gasteiger partial charge is 0.237 e. The monoisotopic (exact) mass is 345 g/mol. The Hall–Kier alpha value is -1.47. The summed E-state index contributed by atoms with van der Waals surface area (Å²) in [5.41, 5.74) is 0. The van der Waals surface area contributed by atoms with Crippen LogP contribution in [0, 0.1) is 0 Å². The van der Waals surface area contributed by atoms with Crippen LogP contribution in [-0.2, 0) is 22.6 Å². The summed E-state index contributed by atoms with van der Waals surface area (Å²) in [6, 6.07) is 0.296. The molecule has 1 amide bonds. The first-order valence-corrected chi connectivity index (χ1v) is 9.85. The van der Waals surface area contributed by atoms with Crippen molar-refractivity contribution in [1.82, 2.24) is 24.6 Å². The Kier molecular flexibility index (Phi) is 4.01. The Bertz CT molecular complexity index is 654. The lowest BCUT2D eigenvalue weighted by atomic mass is 9.90. The van der Waals surface area contributed by atoms with Crippen molar-refractivity contribution < 1.29 is 9.53 Å². The molecule has 2 saturated carbocycles. The average molecular weight is 345 g/mol. The van der Waals surface area contributed by atoms with Crippen LogP contribution in [0.15, 0.2) is 0 Å². The van der Waals surface area contributed by atoms with Gasteiger partial charge in [-0.05, 0) is 25.7 Å². The van der Waals surface area contributed by atoms with Crippen molar-refractivity contribution in [3.63, 3.8) is 0 Å². The molecule has 7 heteroatoms. The van der Waals surface area contributed by atoms with Crippen molar-refractivity contribution in [2.75, 3.05) is 26.2 Å². The number of hydrogen-bond donors (Lipinski definition) is 0. The van der Waals surface area contributed by atoms with Gasteiger partial charge < -0.3 is 14.2 Å². The van der Waals surface area contributed by atoms with Gasteiger partial charge in [-0.1, -0.05) is 12.8 Å². The second-order valence-electron chi connectivity index (χ2n) is 7.96. The van der Waals surface area contributed by atoms with Crippen molar-refractivity contribution in [3.05, 3.63) is 11.6 Å². The summed E-state index contributed by atoms with van der Waals surface area (Å²) < 4.78 is 8.18. The van der Waals surface area contributed by atoms with Gasteiger partial charge in [0.15, 0.2) is 0 Å². The van der Waals surface area contributed by atoms with E-state index in [0.717, 1.165) is 44.8 Å². The largest absolute Gasteiger partial charge is 0.374 e. The Morgan fingerprint density at radius 3 is 2.84 bits per heavy atom. The highest BCUT2D eigenvalue weighted by Gasteiger charge is 2.37. The van der Waals surface area contributed by atoms with E-state index in [-0.39, 0.29) is 12.0 Å². The Labute approximate surface area is 148 Å². The quantitative estimate of drug-likeness (QED) is 0.822. The van der Waals surface area contributed by atoms with E-state index in [2.05, 4.69) is 24.6 Å². The standard InChI is InChI=1S/C18H27N5O2/c24-17(22-9-10-25-15-4-2-1-3-14(15)22)12-21-7-8-23-16(11-21)19-20-18(23)13-5-6-13/h13-15H,1-12H2/t14-,15+/m0/s1. The highest BCUT2D eigenvalue weighted by atomic mass is 16.5. The third kappa shape index (κ3) is 2.97. The van der Waals surface area contributed by atoms with Gasteiger partial charge in [0.1, 0.15) is 11.6 Å². The predicted molar refractivity (Wildman–Crippen MR) is 91.0 cm³/mol. The van der Waals surface area contributed by atoms with Crippen molar-refractivity contribution in [3.8, 4) is 0 Å². The Balaban J connectivity index is 1.23. The molecule has 4 aliphatic rings. The van der Waals surface area contributed by atoms with Crippen LogP contribution in [0.3, 0.4) is 0 Å². The number of ether oxygens (including phenoxy) is 1. The van der Waals surface area contributed by atoms with Crippen LogP contribution in [0.5, 0.6) is 0 Å². The summed E-state index contributed by atoms with van der Waals surface area (Å²) in [6.45, 7) is 4.49. The highest BCUT2D eigenvalue weighted by Crippen LogP contribution is 2.39. The number of rotatable bonds is 3. The van der Waals surface area contributed by atoms with Gasteiger partial charge in [0.2, 0.25) is 5.91 Å². The second-order valence-corrected chi connectivity index (χ2v) is 7.96. The maximum Gasteiger partial charge on any atom is 0.237 e. The first-order chi connectivity index (χ1) is 12.3. The molecule has 0 aromatic carbocycles. The van der Waals surface area contributed by atoms with E-state index in [9.17, 15) is 4.79 Å². The third-order valence-corrected chi connectivity index (χ3v) is 6.21. The molecule has 1 aromatic heterocycles. The molecule has 2 atom stereocenters. The van der Waals surface area contributed by atoms with Crippen LogP contribution >= 0.6 is 0 Å². The molecule has 2 aliphatic carbocycles. The van der Waals surface area contributed by atoms with E-state index in [1.807, 2.05) is 0 Å². The van der Waals surface area contributed by atoms with E-state index in [1.54, 1.807) is 0 Å². The molecule has 0 spiro atoms. The Morgan fingerprint density at radius 1 is 1.08 bits per heavy atom. The van der Waals surface area contributed by atoms with Gasteiger partial charge in [-0.2, -0.15) is 0 Å². The molecule has 0 unspecified atom stereocenters. The molecule has 0 radical (unpaired) electrons. The number of fused-ring (bicyclic) bond motifs is 2. The maximum absolute atomic E-state index is 12.9. The Morgan fingerprint density at radius 2 is 1.96 bits per heavy atom. The summed E-state index contributed by atoms with van der Waals surface area (Å²) in [4.78, 5) is 17.3. The molecule has 3 heterocycles. The summed E-state index contributed by atoms with van der Waals surface area (Å²) in [7, 11) is 0. The first kappa shape index (κ1) is 15.8. The summed E-state index contributed by atoms with van der Waals surface area (Å²) in [5, 5.41) is 8.77. The number of hydrogen-bond acceptors (Lipinski definition) is 5. The summed E-state index contributed by atoms with van der Waals surface area (Å²) >= 11 is 0. The minimum atomic E-state index is 0.260. The number of carbonyl (C=O) groups is 1.